The molecule has 2 aromatic carbocycles. The zero-order chi connectivity index (χ0) is 21.4. The molecule has 0 aromatic heterocycles. The molecule has 2 aromatic rings. The molecule has 1 aliphatic heterocycles. The predicted molar refractivity (Wildman–Crippen MR) is 120 cm³/mol. The molecule has 0 aliphatic carbocycles. The number of hydrogen-bond donors (Lipinski definition) is 1. The Labute approximate surface area is 179 Å². The van der Waals surface area contributed by atoms with Gasteiger partial charge in [0.15, 0.2) is 0 Å². The third-order valence-corrected chi connectivity index (χ3v) is 6.83. The van der Waals surface area contributed by atoms with Gasteiger partial charge in [-0.05, 0) is 23.1 Å². The van der Waals surface area contributed by atoms with E-state index in [0.29, 0.717) is 32.7 Å². The average Bonchev–Trinajstić information content (AvgIpc) is 2.78. The molecular formula is C23H29N3O3S. The van der Waals surface area contributed by atoms with Gasteiger partial charge in [-0.1, -0.05) is 67.6 Å². The third-order valence-electron chi connectivity index (χ3n) is 5.26. The van der Waals surface area contributed by atoms with Crippen molar-refractivity contribution in [2.24, 2.45) is 0 Å². The summed E-state index contributed by atoms with van der Waals surface area (Å²) < 4.78 is 26.6. The third kappa shape index (κ3) is 6.52. The first-order valence-electron chi connectivity index (χ1n) is 10.2. The van der Waals surface area contributed by atoms with E-state index in [1.165, 1.54) is 15.3 Å². The Morgan fingerprint density at radius 1 is 1.00 bits per heavy atom. The highest BCUT2D eigenvalue weighted by Crippen LogP contribution is 2.14. The van der Waals surface area contributed by atoms with Gasteiger partial charge in [-0.25, -0.2) is 8.42 Å². The summed E-state index contributed by atoms with van der Waals surface area (Å²) in [5.41, 5.74) is 2.04. The monoisotopic (exact) mass is 427 g/mol. The molecule has 1 unspecified atom stereocenters. The predicted octanol–water partition coefficient (Wildman–Crippen LogP) is 2.52. The second kappa shape index (κ2) is 10.5. The summed E-state index contributed by atoms with van der Waals surface area (Å²) in [5.74, 6) is 0.214. The maximum Gasteiger partial charge on any atom is 0.236 e. The molecule has 0 radical (unpaired) electrons. The minimum atomic E-state index is -3.46. The number of carbonyl (C=O) groups is 1. The van der Waals surface area contributed by atoms with Crippen molar-refractivity contribution >= 4 is 22.0 Å². The SMILES string of the molecule is CC(CNC(=O)CN1CCN(S(=O)(=O)/C=C/c2ccccc2)CC1)c1ccccc1. The van der Waals surface area contributed by atoms with Crippen LogP contribution in [0.15, 0.2) is 66.1 Å². The summed E-state index contributed by atoms with van der Waals surface area (Å²) in [6, 6.07) is 19.4. The number of nitrogens with zero attached hydrogens (tertiary/aromatic N) is 2. The van der Waals surface area contributed by atoms with Crippen molar-refractivity contribution in [3.8, 4) is 0 Å². The van der Waals surface area contributed by atoms with Gasteiger partial charge in [0.1, 0.15) is 0 Å². The van der Waals surface area contributed by atoms with Crippen LogP contribution >= 0.6 is 0 Å². The highest BCUT2D eigenvalue weighted by molar-refractivity contribution is 7.92. The largest absolute Gasteiger partial charge is 0.354 e. The highest BCUT2D eigenvalue weighted by Gasteiger charge is 2.26. The molecule has 1 heterocycles. The smallest absolute Gasteiger partial charge is 0.236 e. The first-order valence-corrected chi connectivity index (χ1v) is 11.7. The van der Waals surface area contributed by atoms with E-state index in [2.05, 4.69) is 24.4 Å². The van der Waals surface area contributed by atoms with E-state index in [4.69, 9.17) is 0 Å². The van der Waals surface area contributed by atoms with Crippen LogP contribution < -0.4 is 5.32 Å². The van der Waals surface area contributed by atoms with E-state index in [-0.39, 0.29) is 18.4 Å². The van der Waals surface area contributed by atoms with E-state index in [1.807, 2.05) is 53.4 Å². The first kappa shape index (κ1) is 22.2. The van der Waals surface area contributed by atoms with Crippen LogP contribution in [-0.2, 0) is 14.8 Å². The Bertz CT molecular complexity index is 938. The molecule has 1 atom stereocenters. The second-order valence-electron chi connectivity index (χ2n) is 7.55. The molecule has 30 heavy (non-hydrogen) atoms. The molecule has 0 saturated carbocycles. The molecule has 0 spiro atoms. The van der Waals surface area contributed by atoms with Crippen LogP contribution in [0, 0.1) is 0 Å². The fraction of sp³-hybridized carbons (Fsp3) is 0.348. The fourth-order valence-electron chi connectivity index (χ4n) is 3.38. The fourth-order valence-corrected chi connectivity index (χ4v) is 4.56. The maximum absolute atomic E-state index is 12.5. The molecule has 1 amide bonds. The topological polar surface area (TPSA) is 69.7 Å². The molecule has 3 rings (SSSR count). The summed E-state index contributed by atoms with van der Waals surface area (Å²) in [7, 11) is -3.46. The van der Waals surface area contributed by atoms with Gasteiger partial charge < -0.3 is 5.32 Å². The number of hydrogen-bond acceptors (Lipinski definition) is 4. The van der Waals surface area contributed by atoms with Crippen molar-refractivity contribution in [2.75, 3.05) is 39.3 Å². The van der Waals surface area contributed by atoms with Crippen LogP contribution in [0.4, 0.5) is 0 Å². The van der Waals surface area contributed by atoms with Crippen LogP contribution in [0.25, 0.3) is 6.08 Å². The van der Waals surface area contributed by atoms with Gasteiger partial charge in [0.25, 0.3) is 0 Å². The van der Waals surface area contributed by atoms with Crippen molar-refractivity contribution in [1.82, 2.24) is 14.5 Å². The average molecular weight is 428 g/mol. The van der Waals surface area contributed by atoms with Crippen LogP contribution in [0.2, 0.25) is 0 Å². The maximum atomic E-state index is 12.5. The Kier molecular flexibility index (Phi) is 7.79. The molecule has 6 nitrogen and oxygen atoms in total. The molecule has 0 bridgehead atoms. The lowest BCUT2D eigenvalue weighted by Gasteiger charge is -2.32. The van der Waals surface area contributed by atoms with Crippen LogP contribution in [0.5, 0.6) is 0 Å². The van der Waals surface area contributed by atoms with Crippen molar-refractivity contribution < 1.29 is 13.2 Å². The molecular weight excluding hydrogens is 398 g/mol. The van der Waals surface area contributed by atoms with E-state index in [9.17, 15) is 13.2 Å². The summed E-state index contributed by atoms with van der Waals surface area (Å²) >= 11 is 0. The molecule has 7 heteroatoms. The highest BCUT2D eigenvalue weighted by atomic mass is 32.2. The van der Waals surface area contributed by atoms with Crippen LogP contribution in [0.1, 0.15) is 24.0 Å². The molecule has 1 N–H and O–H groups in total. The van der Waals surface area contributed by atoms with E-state index >= 15 is 0 Å². The number of nitrogens with one attached hydrogen (secondary N) is 1. The van der Waals surface area contributed by atoms with E-state index < -0.39 is 10.0 Å². The molecule has 1 aliphatic rings. The Morgan fingerprint density at radius 2 is 1.60 bits per heavy atom. The minimum Gasteiger partial charge on any atom is -0.354 e. The Morgan fingerprint density at radius 3 is 2.23 bits per heavy atom. The number of benzene rings is 2. The van der Waals surface area contributed by atoms with Gasteiger partial charge >= 0.3 is 0 Å². The van der Waals surface area contributed by atoms with Gasteiger partial charge in [-0.15, -0.1) is 0 Å². The van der Waals surface area contributed by atoms with Crippen LogP contribution in [0.3, 0.4) is 0 Å². The lowest BCUT2D eigenvalue weighted by Crippen LogP contribution is -2.50. The second-order valence-corrected chi connectivity index (χ2v) is 9.37. The van der Waals surface area contributed by atoms with Gasteiger partial charge in [-0.2, -0.15) is 4.31 Å². The number of amides is 1. The number of sulfonamides is 1. The molecule has 1 saturated heterocycles. The van der Waals surface area contributed by atoms with Crippen molar-refractivity contribution in [2.45, 2.75) is 12.8 Å². The molecule has 160 valence electrons. The van der Waals surface area contributed by atoms with Crippen molar-refractivity contribution in [1.29, 1.82) is 0 Å². The van der Waals surface area contributed by atoms with Crippen molar-refractivity contribution in [3.05, 3.63) is 77.2 Å². The zero-order valence-corrected chi connectivity index (χ0v) is 18.1. The Balaban J connectivity index is 1.42. The summed E-state index contributed by atoms with van der Waals surface area (Å²) in [6.45, 7) is 4.81. The van der Waals surface area contributed by atoms with Crippen LogP contribution in [-0.4, -0.2) is 62.8 Å². The quantitative estimate of drug-likeness (QED) is 0.703. The number of carbonyl (C=O) groups excluding carboxylic acids is 1. The summed E-state index contributed by atoms with van der Waals surface area (Å²) in [4.78, 5) is 14.3. The minimum absolute atomic E-state index is 0.0296. The first-order chi connectivity index (χ1) is 14.4. The lowest BCUT2D eigenvalue weighted by atomic mass is 10.0. The summed E-state index contributed by atoms with van der Waals surface area (Å²) in [5, 5.41) is 4.24. The standard InChI is InChI=1S/C23H29N3O3S/c1-20(22-10-6-3-7-11-22)18-24-23(27)19-25-13-15-26(16-14-25)30(28,29)17-12-21-8-4-2-5-9-21/h2-12,17,20H,13-16,18-19H2,1H3,(H,24,27)/b17-12+. The van der Waals surface area contributed by atoms with Gasteiger partial charge in [0.05, 0.1) is 6.54 Å². The number of piperazine rings is 1. The Hall–Kier alpha value is -2.48. The normalized spacial score (nSPS) is 17.1. The van der Waals surface area contributed by atoms with E-state index in [1.54, 1.807) is 6.08 Å². The van der Waals surface area contributed by atoms with E-state index in [0.717, 1.165) is 5.56 Å². The van der Waals surface area contributed by atoms with Gasteiger partial charge in [-0.3, -0.25) is 9.69 Å². The summed E-state index contributed by atoms with van der Waals surface area (Å²) in [6.07, 6.45) is 1.61. The molecule has 1 fully saturated rings. The van der Waals surface area contributed by atoms with Gasteiger partial charge in [0, 0.05) is 38.1 Å². The zero-order valence-electron chi connectivity index (χ0n) is 17.3. The lowest BCUT2D eigenvalue weighted by molar-refractivity contribution is -0.122. The van der Waals surface area contributed by atoms with Gasteiger partial charge in [0.2, 0.25) is 15.9 Å². The van der Waals surface area contributed by atoms with Crippen molar-refractivity contribution in [3.63, 3.8) is 0 Å². The number of rotatable bonds is 8.